The van der Waals surface area contributed by atoms with Crippen molar-refractivity contribution in [2.45, 2.75) is 75.9 Å². The van der Waals surface area contributed by atoms with E-state index >= 15 is 0 Å². The number of piperidine rings is 1. The number of likely N-dealkylation sites (tertiary alicyclic amines) is 1. The Hall–Kier alpha value is -1.30. The van der Waals surface area contributed by atoms with Crippen LogP contribution >= 0.6 is 11.8 Å². The van der Waals surface area contributed by atoms with E-state index in [9.17, 15) is 5.11 Å². The van der Waals surface area contributed by atoms with Crippen molar-refractivity contribution in [3.8, 4) is 5.75 Å². The molecule has 0 spiro atoms. The summed E-state index contributed by atoms with van der Waals surface area (Å²) in [7, 11) is 1.72. The summed E-state index contributed by atoms with van der Waals surface area (Å²) in [4.78, 5) is 7.13. The minimum absolute atomic E-state index is 0.327. The summed E-state index contributed by atoms with van der Waals surface area (Å²) >= 11 is 2.23. The molecule has 0 amide bonds. The second kappa shape index (κ2) is 13.7. The lowest BCUT2D eigenvalue weighted by Gasteiger charge is -2.38. The van der Waals surface area contributed by atoms with Crippen LogP contribution in [-0.4, -0.2) is 59.3 Å². The molecule has 4 rings (SSSR count). The monoisotopic (exact) mass is 484 g/mol. The van der Waals surface area contributed by atoms with E-state index in [1.807, 2.05) is 18.3 Å². The van der Waals surface area contributed by atoms with Crippen molar-refractivity contribution >= 4 is 22.7 Å². The van der Waals surface area contributed by atoms with Gasteiger partial charge in [-0.2, -0.15) is 11.8 Å². The molecule has 188 valence electrons. The van der Waals surface area contributed by atoms with Gasteiger partial charge in [-0.15, -0.1) is 0 Å². The summed E-state index contributed by atoms with van der Waals surface area (Å²) in [5.74, 6) is 3.27. The summed E-state index contributed by atoms with van der Waals surface area (Å²) in [5.41, 5.74) is 2.39. The number of aromatic nitrogens is 1. The molecule has 2 aliphatic rings. The first-order valence-electron chi connectivity index (χ1n) is 13.6. The Labute approximate surface area is 210 Å². The minimum Gasteiger partial charge on any atom is -0.497 e. The number of aliphatic hydroxyl groups is 1. The predicted octanol–water partition coefficient (Wildman–Crippen LogP) is 6.34. The molecule has 2 atom stereocenters. The minimum atomic E-state index is 0.327. The Morgan fingerprint density at radius 3 is 2.71 bits per heavy atom. The average molecular weight is 485 g/mol. The molecular weight excluding hydrogens is 440 g/mol. The molecule has 1 N–H and O–H groups in total. The van der Waals surface area contributed by atoms with Crippen LogP contribution in [-0.2, 0) is 6.42 Å². The van der Waals surface area contributed by atoms with Gasteiger partial charge in [-0.3, -0.25) is 4.98 Å². The van der Waals surface area contributed by atoms with E-state index < -0.39 is 0 Å². The molecule has 1 aliphatic carbocycles. The molecule has 0 unspecified atom stereocenters. The summed E-state index contributed by atoms with van der Waals surface area (Å²) in [6.07, 6.45) is 16.5. The largest absolute Gasteiger partial charge is 0.497 e. The van der Waals surface area contributed by atoms with Gasteiger partial charge in [0.1, 0.15) is 5.75 Å². The van der Waals surface area contributed by atoms with Gasteiger partial charge in [0.25, 0.3) is 0 Å². The third-order valence-corrected chi connectivity index (χ3v) is 9.51. The number of pyridine rings is 1. The number of methoxy groups -OCH3 is 1. The summed E-state index contributed by atoms with van der Waals surface area (Å²) in [5, 5.41) is 12.2. The zero-order chi connectivity index (χ0) is 23.6. The second-order valence-corrected chi connectivity index (χ2v) is 11.8. The zero-order valence-electron chi connectivity index (χ0n) is 21.1. The Balaban J connectivity index is 1.19. The zero-order valence-corrected chi connectivity index (χ0v) is 21.9. The van der Waals surface area contributed by atoms with E-state index in [4.69, 9.17) is 4.74 Å². The van der Waals surface area contributed by atoms with E-state index in [0.717, 1.165) is 35.9 Å². The molecule has 0 bridgehead atoms. The second-order valence-electron chi connectivity index (χ2n) is 10.4. The van der Waals surface area contributed by atoms with Crippen molar-refractivity contribution in [1.82, 2.24) is 9.88 Å². The van der Waals surface area contributed by atoms with Crippen LogP contribution in [0.2, 0.25) is 0 Å². The number of aryl methyl sites for hydroxylation is 1. The fourth-order valence-electron chi connectivity index (χ4n) is 5.97. The van der Waals surface area contributed by atoms with Crippen LogP contribution in [0.1, 0.15) is 69.8 Å². The van der Waals surface area contributed by atoms with Crippen molar-refractivity contribution in [2.75, 3.05) is 39.1 Å². The topological polar surface area (TPSA) is 45.6 Å². The molecule has 1 saturated carbocycles. The van der Waals surface area contributed by atoms with Crippen LogP contribution in [0, 0.1) is 11.8 Å². The maximum atomic E-state index is 10.1. The van der Waals surface area contributed by atoms with Gasteiger partial charge in [-0.1, -0.05) is 25.7 Å². The Morgan fingerprint density at radius 2 is 1.91 bits per heavy atom. The number of thioether (sulfide) groups is 1. The molecule has 1 aromatic carbocycles. The van der Waals surface area contributed by atoms with Crippen molar-refractivity contribution in [2.24, 2.45) is 11.8 Å². The molecule has 2 fully saturated rings. The molecule has 1 saturated heterocycles. The van der Waals surface area contributed by atoms with E-state index in [1.54, 1.807) is 7.11 Å². The van der Waals surface area contributed by atoms with Crippen LogP contribution in [0.5, 0.6) is 5.75 Å². The third kappa shape index (κ3) is 7.35. The molecule has 5 heteroatoms. The first-order chi connectivity index (χ1) is 16.8. The van der Waals surface area contributed by atoms with Gasteiger partial charge < -0.3 is 14.7 Å². The maximum absolute atomic E-state index is 10.1. The van der Waals surface area contributed by atoms with Crippen LogP contribution in [0.15, 0.2) is 30.5 Å². The summed E-state index contributed by atoms with van der Waals surface area (Å²) < 4.78 is 5.42. The standard InChI is InChI=1S/C29H44N2O2S/c1-33-26-12-13-29-28(20-26)24(14-16-30-29)9-6-8-23-15-18-31(21-25(23)22-32)17-7-19-34-27-10-4-2-3-5-11-27/h12-14,16,20,23,25,27,32H,2-11,15,17-19,21-22H2,1H3/t23-,25-/m1/s1. The number of nitrogens with zero attached hydrogens (tertiary/aromatic N) is 2. The van der Waals surface area contributed by atoms with Gasteiger partial charge in [0.2, 0.25) is 0 Å². The molecule has 1 aromatic heterocycles. The van der Waals surface area contributed by atoms with E-state index in [2.05, 4.69) is 33.8 Å². The first kappa shape index (κ1) is 25.8. The van der Waals surface area contributed by atoms with Gasteiger partial charge in [0.15, 0.2) is 0 Å². The number of aliphatic hydroxyl groups excluding tert-OH is 1. The fourth-order valence-corrected chi connectivity index (χ4v) is 7.27. The third-order valence-electron chi connectivity index (χ3n) is 8.04. The molecule has 2 aromatic rings. The normalized spacial score (nSPS) is 22.6. The van der Waals surface area contributed by atoms with E-state index in [-0.39, 0.29) is 0 Å². The SMILES string of the molecule is COc1ccc2nccc(CCC[C@@H]3CCN(CCCSC4CCCCCC4)C[C@@H]3CO)c2c1. The van der Waals surface area contributed by atoms with Gasteiger partial charge >= 0.3 is 0 Å². The first-order valence-corrected chi connectivity index (χ1v) is 14.7. The Bertz CT molecular complexity index is 868. The fraction of sp³-hybridized carbons (Fsp3) is 0.690. The number of ether oxygens (including phenoxy) is 1. The highest BCUT2D eigenvalue weighted by Crippen LogP contribution is 2.31. The van der Waals surface area contributed by atoms with Crippen molar-refractivity contribution in [1.29, 1.82) is 0 Å². The average Bonchev–Trinajstić information content (AvgIpc) is 3.16. The number of hydrogen-bond donors (Lipinski definition) is 1. The number of benzene rings is 1. The van der Waals surface area contributed by atoms with E-state index in [1.165, 1.54) is 87.6 Å². The lowest BCUT2D eigenvalue weighted by molar-refractivity contribution is 0.0677. The maximum Gasteiger partial charge on any atom is 0.119 e. The highest BCUT2D eigenvalue weighted by molar-refractivity contribution is 7.99. The van der Waals surface area contributed by atoms with Crippen molar-refractivity contribution in [3.63, 3.8) is 0 Å². The van der Waals surface area contributed by atoms with E-state index in [0.29, 0.717) is 18.4 Å². The number of fused-ring (bicyclic) bond motifs is 1. The lowest BCUT2D eigenvalue weighted by atomic mass is 9.82. The van der Waals surface area contributed by atoms with Gasteiger partial charge in [0, 0.05) is 30.0 Å². The lowest BCUT2D eigenvalue weighted by Crippen LogP contribution is -2.42. The molecule has 2 heterocycles. The smallest absolute Gasteiger partial charge is 0.119 e. The molecule has 1 aliphatic heterocycles. The Morgan fingerprint density at radius 1 is 1.06 bits per heavy atom. The molecule has 34 heavy (non-hydrogen) atoms. The molecular formula is C29H44N2O2S. The highest BCUT2D eigenvalue weighted by Gasteiger charge is 2.28. The van der Waals surface area contributed by atoms with Crippen LogP contribution in [0.25, 0.3) is 10.9 Å². The quantitative estimate of drug-likeness (QED) is 0.298. The predicted molar refractivity (Wildman–Crippen MR) is 145 cm³/mol. The van der Waals surface area contributed by atoms with Crippen molar-refractivity contribution < 1.29 is 9.84 Å². The molecule has 4 nitrogen and oxygen atoms in total. The number of hydrogen-bond acceptors (Lipinski definition) is 5. The molecule has 0 radical (unpaired) electrons. The number of rotatable bonds is 11. The van der Waals surface area contributed by atoms with Crippen LogP contribution < -0.4 is 4.74 Å². The van der Waals surface area contributed by atoms with Gasteiger partial charge in [-0.05, 0) is 105 Å². The van der Waals surface area contributed by atoms with Gasteiger partial charge in [0.05, 0.1) is 12.6 Å². The summed E-state index contributed by atoms with van der Waals surface area (Å²) in [6.45, 7) is 3.80. The van der Waals surface area contributed by atoms with Crippen LogP contribution in [0.4, 0.5) is 0 Å². The summed E-state index contributed by atoms with van der Waals surface area (Å²) in [6, 6.07) is 8.29. The van der Waals surface area contributed by atoms with Gasteiger partial charge in [-0.25, -0.2) is 0 Å². The Kier molecular flexibility index (Phi) is 10.4. The highest BCUT2D eigenvalue weighted by atomic mass is 32.2. The van der Waals surface area contributed by atoms with Crippen molar-refractivity contribution in [3.05, 3.63) is 36.0 Å². The van der Waals surface area contributed by atoms with Crippen LogP contribution in [0.3, 0.4) is 0 Å².